The molecule has 2 aromatic rings. The van der Waals surface area contributed by atoms with E-state index in [9.17, 15) is 9.59 Å². The normalized spacial score (nSPS) is 19.2. The lowest BCUT2D eigenvalue weighted by molar-refractivity contribution is -0.156. The van der Waals surface area contributed by atoms with Gasteiger partial charge in [-0.3, -0.25) is 14.5 Å². The fourth-order valence-electron chi connectivity index (χ4n) is 3.77. The maximum absolute atomic E-state index is 13.9. The van der Waals surface area contributed by atoms with Gasteiger partial charge in [-0.1, -0.05) is 54.1 Å². The average Bonchev–Trinajstić information content (AvgIpc) is 2.85. The predicted octanol–water partition coefficient (Wildman–Crippen LogP) is 3.53. The van der Waals surface area contributed by atoms with E-state index in [1.165, 1.54) is 4.90 Å². The number of hydrogen-bond donors (Lipinski definition) is 1. The van der Waals surface area contributed by atoms with Gasteiger partial charge in [0.05, 0.1) is 19.8 Å². The summed E-state index contributed by atoms with van der Waals surface area (Å²) in [6.45, 7) is 1.30. The van der Waals surface area contributed by atoms with Crippen LogP contribution in [-0.4, -0.2) is 48.2 Å². The van der Waals surface area contributed by atoms with E-state index in [2.05, 4.69) is 10.3 Å². The molecule has 2 unspecified atom stereocenters. The highest BCUT2D eigenvalue weighted by Gasteiger charge is 2.36. The monoisotopic (exact) mass is 467 g/mol. The van der Waals surface area contributed by atoms with Crippen molar-refractivity contribution in [3.8, 4) is 0 Å². The standard InChI is InChI=1S/C25H26ClN3O4/c26-21-10-9-18(16-28-21)17-29(22-8-4-5-13-27-22)24(30)23(19-6-2-1-3-7-19)25(31)33-20-11-14-32-15-12-20/h1-10,13,16,20-21,23,28H,11-12,14-15,17H2. The fourth-order valence-corrected chi connectivity index (χ4v) is 3.91. The van der Waals surface area contributed by atoms with E-state index in [0.717, 1.165) is 5.57 Å². The van der Waals surface area contributed by atoms with Crippen LogP contribution in [0.3, 0.4) is 0 Å². The number of rotatable bonds is 7. The first-order chi connectivity index (χ1) is 16.1. The number of halogens is 1. The zero-order valence-electron chi connectivity index (χ0n) is 18.1. The molecule has 0 radical (unpaired) electrons. The van der Waals surface area contributed by atoms with Gasteiger partial charge in [0.1, 0.15) is 17.4 Å². The fraction of sp³-hybridized carbons (Fsp3) is 0.320. The Hall–Kier alpha value is -3.16. The molecule has 0 saturated carbocycles. The highest BCUT2D eigenvalue weighted by molar-refractivity contribution is 6.21. The van der Waals surface area contributed by atoms with Gasteiger partial charge in [-0.2, -0.15) is 0 Å². The van der Waals surface area contributed by atoms with Crippen molar-refractivity contribution >= 4 is 29.3 Å². The van der Waals surface area contributed by atoms with Gasteiger partial charge in [0.25, 0.3) is 0 Å². The Morgan fingerprint density at radius 2 is 1.91 bits per heavy atom. The molecule has 172 valence electrons. The Bertz CT molecular complexity index is 1010. The summed E-state index contributed by atoms with van der Waals surface area (Å²) >= 11 is 6.06. The molecule has 7 nitrogen and oxygen atoms in total. The smallest absolute Gasteiger partial charge is 0.323 e. The van der Waals surface area contributed by atoms with E-state index in [1.807, 2.05) is 12.1 Å². The van der Waals surface area contributed by atoms with Crippen molar-refractivity contribution in [2.75, 3.05) is 24.7 Å². The number of alkyl halides is 1. The van der Waals surface area contributed by atoms with Crippen LogP contribution >= 0.6 is 11.6 Å². The zero-order valence-corrected chi connectivity index (χ0v) is 18.9. The molecule has 1 fully saturated rings. The second-order valence-corrected chi connectivity index (χ2v) is 8.32. The molecule has 1 aromatic carbocycles. The van der Waals surface area contributed by atoms with Crippen molar-refractivity contribution in [1.82, 2.24) is 10.3 Å². The summed E-state index contributed by atoms with van der Waals surface area (Å²) in [6.07, 6.45) is 8.01. The molecule has 0 aliphatic carbocycles. The molecule has 33 heavy (non-hydrogen) atoms. The summed E-state index contributed by atoms with van der Waals surface area (Å²) in [5.41, 5.74) is 1.10. The summed E-state index contributed by atoms with van der Waals surface area (Å²) < 4.78 is 11.1. The maximum atomic E-state index is 13.9. The molecule has 2 aliphatic rings. The van der Waals surface area contributed by atoms with Crippen LogP contribution in [0.5, 0.6) is 0 Å². The van der Waals surface area contributed by atoms with E-state index >= 15 is 0 Å². The van der Waals surface area contributed by atoms with E-state index in [4.69, 9.17) is 21.1 Å². The van der Waals surface area contributed by atoms with Gasteiger partial charge in [0.15, 0.2) is 5.92 Å². The number of amides is 1. The SMILES string of the molecule is O=C(OC1CCOCC1)C(C(=O)N(CC1=CNC(Cl)C=C1)c1ccccn1)c1ccccc1. The summed E-state index contributed by atoms with van der Waals surface area (Å²) in [4.78, 5) is 33.1. The first-order valence-corrected chi connectivity index (χ1v) is 11.4. The molecule has 4 rings (SSSR count). The van der Waals surface area contributed by atoms with E-state index in [1.54, 1.807) is 60.9 Å². The highest BCUT2D eigenvalue weighted by atomic mass is 35.5. The maximum Gasteiger partial charge on any atom is 0.323 e. The number of ether oxygens (including phenoxy) is 2. The molecule has 0 bridgehead atoms. The van der Waals surface area contributed by atoms with Crippen molar-refractivity contribution in [2.24, 2.45) is 0 Å². The van der Waals surface area contributed by atoms with Gasteiger partial charge in [-0.05, 0) is 29.3 Å². The Morgan fingerprint density at radius 3 is 2.58 bits per heavy atom. The molecular formula is C25H26ClN3O4. The summed E-state index contributed by atoms with van der Waals surface area (Å²) in [6, 6.07) is 14.3. The lowest BCUT2D eigenvalue weighted by atomic mass is 9.97. The number of hydrogen-bond acceptors (Lipinski definition) is 6. The van der Waals surface area contributed by atoms with Gasteiger partial charge in [0, 0.05) is 25.2 Å². The minimum Gasteiger partial charge on any atom is -0.461 e. The highest BCUT2D eigenvalue weighted by Crippen LogP contribution is 2.26. The summed E-state index contributed by atoms with van der Waals surface area (Å²) in [7, 11) is 0. The third-order valence-electron chi connectivity index (χ3n) is 5.51. The first-order valence-electron chi connectivity index (χ1n) is 10.9. The van der Waals surface area contributed by atoms with Crippen molar-refractivity contribution in [3.63, 3.8) is 0 Å². The topological polar surface area (TPSA) is 80.8 Å². The molecule has 3 heterocycles. The third-order valence-corrected chi connectivity index (χ3v) is 5.78. The quantitative estimate of drug-likeness (QED) is 0.290. The largest absolute Gasteiger partial charge is 0.461 e. The number of nitrogens with zero attached hydrogens (tertiary/aromatic N) is 2. The van der Waals surface area contributed by atoms with Crippen LogP contribution in [-0.2, 0) is 19.1 Å². The summed E-state index contributed by atoms with van der Waals surface area (Å²) in [5, 5.41) is 3.02. The van der Waals surface area contributed by atoms with Crippen molar-refractivity contribution in [3.05, 3.63) is 84.2 Å². The number of aromatic nitrogens is 1. The summed E-state index contributed by atoms with van der Waals surface area (Å²) in [5.74, 6) is -1.63. The number of carbonyl (C=O) groups is 2. The molecule has 0 spiro atoms. The van der Waals surface area contributed by atoms with Crippen LogP contribution < -0.4 is 10.2 Å². The van der Waals surface area contributed by atoms with Gasteiger partial charge >= 0.3 is 5.97 Å². The van der Waals surface area contributed by atoms with Gasteiger partial charge in [-0.25, -0.2) is 4.98 Å². The molecule has 1 amide bonds. The predicted molar refractivity (Wildman–Crippen MR) is 126 cm³/mol. The second-order valence-electron chi connectivity index (χ2n) is 7.85. The molecule has 2 atom stereocenters. The van der Waals surface area contributed by atoms with Crippen LogP contribution in [0.1, 0.15) is 24.3 Å². The lowest BCUT2D eigenvalue weighted by Gasteiger charge is -2.29. The Kier molecular flexibility index (Phi) is 7.75. The van der Waals surface area contributed by atoms with Crippen molar-refractivity contribution in [1.29, 1.82) is 0 Å². The Balaban J connectivity index is 1.64. The van der Waals surface area contributed by atoms with Gasteiger partial charge in [0.2, 0.25) is 5.91 Å². The first kappa shape index (κ1) is 23.0. The Labute approximate surface area is 198 Å². The molecular weight excluding hydrogens is 442 g/mol. The van der Waals surface area contributed by atoms with E-state index < -0.39 is 17.8 Å². The molecule has 2 aliphatic heterocycles. The molecule has 1 N–H and O–H groups in total. The van der Waals surface area contributed by atoms with Crippen LogP contribution in [0.25, 0.3) is 0 Å². The number of nitrogens with one attached hydrogen (secondary N) is 1. The molecule has 1 aromatic heterocycles. The minimum absolute atomic E-state index is 0.219. The van der Waals surface area contributed by atoms with Gasteiger partial charge < -0.3 is 14.8 Å². The van der Waals surface area contributed by atoms with Crippen LogP contribution in [0.2, 0.25) is 0 Å². The number of carbonyl (C=O) groups excluding carboxylic acids is 2. The second kappa shape index (κ2) is 11.1. The number of anilines is 1. The van der Waals surface area contributed by atoms with Crippen molar-refractivity contribution < 1.29 is 19.1 Å². The average molecular weight is 468 g/mol. The van der Waals surface area contributed by atoms with Crippen LogP contribution in [0, 0.1) is 0 Å². The number of benzene rings is 1. The van der Waals surface area contributed by atoms with E-state index in [-0.39, 0.29) is 18.1 Å². The van der Waals surface area contributed by atoms with Crippen LogP contribution in [0.15, 0.2) is 78.7 Å². The Morgan fingerprint density at radius 1 is 1.15 bits per heavy atom. The zero-order chi connectivity index (χ0) is 23.0. The molecule has 1 saturated heterocycles. The van der Waals surface area contributed by atoms with Gasteiger partial charge in [-0.15, -0.1) is 0 Å². The number of pyridine rings is 1. The third kappa shape index (κ3) is 6.00. The number of esters is 1. The van der Waals surface area contributed by atoms with E-state index in [0.29, 0.717) is 37.4 Å². The minimum atomic E-state index is -1.11. The molecule has 8 heteroatoms. The van der Waals surface area contributed by atoms with Crippen LogP contribution in [0.4, 0.5) is 5.82 Å². The van der Waals surface area contributed by atoms with Crippen molar-refractivity contribution in [2.45, 2.75) is 30.4 Å². The number of dihydropyridines is 1. The lowest BCUT2D eigenvalue weighted by Crippen LogP contribution is -2.42.